The van der Waals surface area contributed by atoms with Gasteiger partial charge in [-0.3, -0.25) is 19.5 Å². The largest absolute Gasteiger partial charge is 0.321 e. The number of aryl methyl sites for hydroxylation is 2. The van der Waals surface area contributed by atoms with Crippen molar-refractivity contribution in [3.05, 3.63) is 56.5 Å². The maximum Gasteiger partial charge on any atom is 0.271 e. The number of para-hydroxylation sites is 1. The molecule has 0 fully saturated rings. The van der Waals surface area contributed by atoms with E-state index in [9.17, 15) is 14.4 Å². The topological polar surface area (TPSA) is 94.8 Å². The van der Waals surface area contributed by atoms with Crippen LogP contribution < -0.4 is 10.9 Å². The molecule has 0 saturated carbocycles. The van der Waals surface area contributed by atoms with Gasteiger partial charge in [0, 0.05) is 11.3 Å². The first kappa shape index (κ1) is 13.1. The molecule has 2 aromatic rings. The fraction of sp³-hybridized carbons (Fsp3) is 0.133. The van der Waals surface area contributed by atoms with Gasteiger partial charge in [-0.2, -0.15) is 0 Å². The van der Waals surface area contributed by atoms with E-state index in [-0.39, 0.29) is 22.5 Å². The molecule has 0 unspecified atom stereocenters. The maximum atomic E-state index is 12.5. The molecule has 0 bridgehead atoms. The standard InChI is InChI=1S/C15H13N3O3/c1-7-4-3-5-9-12(7)16-14(20)11(13(9)19)6-10-8(2)17-18-15(10)21/h3-6H,1-2H3,(H,16,20)(H2,17,18,21). The molecule has 106 valence electrons. The SMILES string of the molecule is Cc1cccc2c1NC(=O)C(=Cc1c(C)[nH][nH]c1=O)C2=O. The number of nitrogens with one attached hydrogen (secondary N) is 3. The van der Waals surface area contributed by atoms with Crippen LogP contribution in [0.25, 0.3) is 6.08 Å². The Bertz CT molecular complexity index is 855. The lowest BCUT2D eigenvalue weighted by atomic mass is 9.93. The van der Waals surface area contributed by atoms with E-state index >= 15 is 0 Å². The Labute approximate surface area is 119 Å². The molecule has 0 radical (unpaired) electrons. The summed E-state index contributed by atoms with van der Waals surface area (Å²) in [5, 5.41) is 7.79. The number of benzene rings is 1. The highest BCUT2D eigenvalue weighted by Crippen LogP contribution is 2.29. The Morgan fingerprint density at radius 2 is 1.81 bits per heavy atom. The average Bonchev–Trinajstić information content (AvgIpc) is 2.76. The second-order valence-corrected chi connectivity index (χ2v) is 4.96. The number of anilines is 1. The van der Waals surface area contributed by atoms with Gasteiger partial charge in [0.25, 0.3) is 11.5 Å². The fourth-order valence-electron chi connectivity index (χ4n) is 2.36. The Morgan fingerprint density at radius 1 is 1.05 bits per heavy atom. The third-order valence-electron chi connectivity index (χ3n) is 3.55. The van der Waals surface area contributed by atoms with Crippen molar-refractivity contribution in [3.63, 3.8) is 0 Å². The predicted octanol–water partition coefficient (Wildman–Crippen LogP) is 1.54. The number of hydrogen-bond acceptors (Lipinski definition) is 3. The number of aromatic nitrogens is 2. The quantitative estimate of drug-likeness (QED) is 0.547. The molecular formula is C15H13N3O3. The van der Waals surface area contributed by atoms with Crippen LogP contribution in [-0.4, -0.2) is 21.9 Å². The van der Waals surface area contributed by atoms with E-state index in [1.54, 1.807) is 19.1 Å². The van der Waals surface area contributed by atoms with Crippen LogP contribution in [0.1, 0.15) is 27.2 Å². The first-order chi connectivity index (χ1) is 9.99. The van der Waals surface area contributed by atoms with Gasteiger partial charge in [0.05, 0.1) is 16.8 Å². The molecule has 1 aliphatic rings. The number of hydrogen-bond donors (Lipinski definition) is 3. The van der Waals surface area contributed by atoms with Crippen molar-refractivity contribution in [3.8, 4) is 0 Å². The Hall–Kier alpha value is -2.89. The first-order valence-corrected chi connectivity index (χ1v) is 6.43. The van der Waals surface area contributed by atoms with Crippen molar-refractivity contribution in [1.82, 2.24) is 10.2 Å². The van der Waals surface area contributed by atoms with Crippen molar-refractivity contribution < 1.29 is 9.59 Å². The number of aromatic amines is 2. The van der Waals surface area contributed by atoms with Crippen LogP contribution in [-0.2, 0) is 4.79 Å². The molecule has 6 heteroatoms. The zero-order chi connectivity index (χ0) is 15.1. The minimum atomic E-state index is -0.498. The second-order valence-electron chi connectivity index (χ2n) is 4.96. The van der Waals surface area contributed by atoms with E-state index < -0.39 is 5.91 Å². The fourth-order valence-corrected chi connectivity index (χ4v) is 2.36. The highest BCUT2D eigenvalue weighted by Gasteiger charge is 2.29. The van der Waals surface area contributed by atoms with Gasteiger partial charge in [0.15, 0.2) is 0 Å². The van der Waals surface area contributed by atoms with Crippen LogP contribution in [0.15, 0.2) is 28.6 Å². The summed E-state index contributed by atoms with van der Waals surface area (Å²) >= 11 is 0. The van der Waals surface area contributed by atoms with E-state index in [1.165, 1.54) is 6.08 Å². The molecule has 1 aromatic carbocycles. The summed E-state index contributed by atoms with van der Waals surface area (Å²) in [6.45, 7) is 3.51. The highest BCUT2D eigenvalue weighted by molar-refractivity contribution is 6.36. The number of ketones is 1. The molecule has 6 nitrogen and oxygen atoms in total. The van der Waals surface area contributed by atoms with Crippen LogP contribution in [0.5, 0.6) is 0 Å². The molecule has 1 amide bonds. The average molecular weight is 283 g/mol. The summed E-state index contributed by atoms with van der Waals surface area (Å²) in [4.78, 5) is 36.3. The molecular weight excluding hydrogens is 270 g/mol. The maximum absolute atomic E-state index is 12.5. The summed E-state index contributed by atoms with van der Waals surface area (Å²) < 4.78 is 0. The molecule has 0 spiro atoms. The highest BCUT2D eigenvalue weighted by atomic mass is 16.2. The zero-order valence-corrected chi connectivity index (χ0v) is 11.5. The van der Waals surface area contributed by atoms with Crippen molar-refractivity contribution in [2.75, 3.05) is 5.32 Å². The molecule has 1 aromatic heterocycles. The number of carbonyl (C=O) groups is 2. The lowest BCUT2D eigenvalue weighted by Crippen LogP contribution is -2.28. The van der Waals surface area contributed by atoms with Gasteiger partial charge in [-0.1, -0.05) is 12.1 Å². The predicted molar refractivity (Wildman–Crippen MR) is 78.3 cm³/mol. The number of Topliss-reactive ketones (excluding diaryl/α,β-unsaturated/α-hetero) is 1. The van der Waals surface area contributed by atoms with E-state index in [2.05, 4.69) is 15.5 Å². The van der Waals surface area contributed by atoms with Crippen LogP contribution in [0, 0.1) is 13.8 Å². The van der Waals surface area contributed by atoms with Crippen LogP contribution in [0.2, 0.25) is 0 Å². The number of H-pyrrole nitrogens is 2. The van der Waals surface area contributed by atoms with Gasteiger partial charge in [-0.05, 0) is 31.6 Å². The van der Waals surface area contributed by atoms with Gasteiger partial charge in [-0.15, -0.1) is 0 Å². The van der Waals surface area contributed by atoms with Crippen LogP contribution in [0.3, 0.4) is 0 Å². The molecule has 3 rings (SSSR count). The van der Waals surface area contributed by atoms with E-state index in [0.29, 0.717) is 16.9 Å². The van der Waals surface area contributed by atoms with Gasteiger partial charge in [0.2, 0.25) is 5.78 Å². The molecule has 2 heterocycles. The summed E-state index contributed by atoms with van der Waals surface area (Å²) in [5.41, 5.74) is 2.24. The monoisotopic (exact) mass is 283 g/mol. The van der Waals surface area contributed by atoms with Crippen molar-refractivity contribution >= 4 is 23.5 Å². The normalized spacial score (nSPS) is 16.0. The van der Waals surface area contributed by atoms with Gasteiger partial charge >= 0.3 is 0 Å². The van der Waals surface area contributed by atoms with E-state index in [1.807, 2.05) is 13.0 Å². The molecule has 0 saturated heterocycles. The summed E-state index contributed by atoms with van der Waals surface area (Å²) in [5.74, 6) is -0.876. The van der Waals surface area contributed by atoms with Crippen molar-refractivity contribution in [1.29, 1.82) is 0 Å². The second kappa shape index (κ2) is 4.59. The lowest BCUT2D eigenvalue weighted by Gasteiger charge is -2.19. The van der Waals surface area contributed by atoms with Crippen LogP contribution >= 0.6 is 0 Å². The molecule has 21 heavy (non-hydrogen) atoms. The summed E-state index contributed by atoms with van der Waals surface area (Å²) in [7, 11) is 0. The van der Waals surface area contributed by atoms with Crippen molar-refractivity contribution in [2.45, 2.75) is 13.8 Å². The number of amides is 1. The first-order valence-electron chi connectivity index (χ1n) is 6.43. The van der Waals surface area contributed by atoms with Gasteiger partial charge in [-0.25, -0.2) is 0 Å². The minimum Gasteiger partial charge on any atom is -0.321 e. The van der Waals surface area contributed by atoms with E-state index in [4.69, 9.17) is 0 Å². The van der Waals surface area contributed by atoms with Gasteiger partial charge in [0.1, 0.15) is 0 Å². The van der Waals surface area contributed by atoms with Crippen molar-refractivity contribution in [2.24, 2.45) is 0 Å². The summed E-state index contributed by atoms with van der Waals surface area (Å²) in [6, 6.07) is 5.24. The molecule has 0 aliphatic carbocycles. The Morgan fingerprint density at radius 3 is 2.48 bits per heavy atom. The number of rotatable bonds is 1. The number of carbonyl (C=O) groups excluding carboxylic acids is 2. The molecule has 3 N–H and O–H groups in total. The molecule has 1 aliphatic heterocycles. The number of fused-ring (bicyclic) bond motifs is 1. The minimum absolute atomic E-state index is 0.0405. The third kappa shape index (κ3) is 2.01. The Balaban J connectivity index is 2.16. The molecule has 0 atom stereocenters. The van der Waals surface area contributed by atoms with Crippen LogP contribution in [0.4, 0.5) is 5.69 Å². The van der Waals surface area contributed by atoms with E-state index in [0.717, 1.165) is 5.56 Å². The smallest absolute Gasteiger partial charge is 0.271 e. The third-order valence-corrected chi connectivity index (χ3v) is 3.55. The van der Waals surface area contributed by atoms with Gasteiger partial charge < -0.3 is 10.4 Å². The zero-order valence-electron chi connectivity index (χ0n) is 11.5. The Kier molecular flexibility index (Phi) is 2.86. The summed E-state index contributed by atoms with van der Waals surface area (Å²) in [6.07, 6.45) is 1.33. The lowest BCUT2D eigenvalue weighted by molar-refractivity contribution is -0.112.